The topological polar surface area (TPSA) is 82.2 Å². The Hall–Kier alpha value is -4.40. The average Bonchev–Trinajstić information content (AvgIpc) is 2.92. The highest BCUT2D eigenvalue weighted by Gasteiger charge is 2.63. The first-order chi connectivity index (χ1) is 18.0. The van der Waals surface area contributed by atoms with Gasteiger partial charge in [-0.1, -0.05) is 42.5 Å². The van der Waals surface area contributed by atoms with E-state index in [9.17, 15) is 14.4 Å². The summed E-state index contributed by atoms with van der Waals surface area (Å²) in [5, 5.41) is 2.44. The Morgan fingerprint density at radius 3 is 2.49 bits per heavy atom. The number of ether oxygens (including phenoxy) is 1. The number of halogens is 1. The zero-order valence-corrected chi connectivity index (χ0v) is 20.2. The van der Waals surface area contributed by atoms with E-state index in [2.05, 4.69) is 10.2 Å². The minimum absolute atomic E-state index is 0.0255. The van der Waals surface area contributed by atoms with Crippen molar-refractivity contribution < 1.29 is 23.5 Å². The summed E-state index contributed by atoms with van der Waals surface area (Å²) in [4.78, 5) is 45.9. The number of carbonyl (C=O) groups excluding carboxylic acids is 3. The number of para-hydroxylation sites is 4. The van der Waals surface area contributed by atoms with Crippen LogP contribution in [0, 0.1) is 11.2 Å². The van der Waals surface area contributed by atoms with Gasteiger partial charge in [0.1, 0.15) is 11.6 Å². The lowest BCUT2D eigenvalue weighted by Crippen LogP contribution is -2.75. The second-order valence-corrected chi connectivity index (χ2v) is 9.46. The molecule has 2 saturated heterocycles. The number of hydrogen-bond donors (Lipinski definition) is 1. The molecule has 3 aliphatic rings. The van der Waals surface area contributed by atoms with Crippen molar-refractivity contribution in [3.05, 3.63) is 84.2 Å². The van der Waals surface area contributed by atoms with Crippen molar-refractivity contribution in [2.75, 3.05) is 41.4 Å². The van der Waals surface area contributed by atoms with E-state index >= 15 is 4.39 Å². The van der Waals surface area contributed by atoms with E-state index in [0.717, 1.165) is 10.6 Å². The SMILES string of the molecule is COc1ccccc1N1CCN2c3c(F)cccc3CC3(C(=O)NC(=O)N(c4ccccc4)C3=O)C2C1. The Bertz CT molecular complexity index is 1410. The lowest BCUT2D eigenvalue weighted by Gasteiger charge is -2.55. The third kappa shape index (κ3) is 3.37. The van der Waals surface area contributed by atoms with Crippen LogP contribution in [0.15, 0.2) is 72.8 Å². The standard InChI is InChI=1S/C28H25FN4O4/c1-37-22-13-6-5-12-21(22)31-14-15-32-23(17-31)28(16-18-8-7-11-20(29)24(18)32)25(34)30-27(36)33(26(28)35)19-9-3-2-4-10-19/h2-13,23H,14-17H2,1H3,(H,30,34,36). The van der Waals surface area contributed by atoms with Crippen LogP contribution in [-0.4, -0.2) is 50.6 Å². The van der Waals surface area contributed by atoms with Crippen molar-refractivity contribution in [1.82, 2.24) is 5.32 Å². The summed E-state index contributed by atoms with van der Waals surface area (Å²) < 4.78 is 20.8. The minimum atomic E-state index is -1.65. The van der Waals surface area contributed by atoms with Crippen LogP contribution in [0.2, 0.25) is 0 Å². The maximum absolute atomic E-state index is 15.2. The van der Waals surface area contributed by atoms with Crippen LogP contribution in [-0.2, 0) is 16.0 Å². The third-order valence-corrected chi connectivity index (χ3v) is 7.63. The molecule has 3 aromatic carbocycles. The molecule has 2 fully saturated rings. The van der Waals surface area contributed by atoms with Crippen LogP contribution in [0.3, 0.4) is 0 Å². The fourth-order valence-corrected chi connectivity index (χ4v) is 5.94. The molecule has 0 saturated carbocycles. The van der Waals surface area contributed by atoms with E-state index in [1.54, 1.807) is 49.6 Å². The second kappa shape index (κ2) is 8.62. The molecule has 2 unspecified atom stereocenters. The van der Waals surface area contributed by atoms with Crippen LogP contribution in [0.1, 0.15) is 5.56 Å². The summed E-state index contributed by atoms with van der Waals surface area (Å²) in [7, 11) is 1.59. The van der Waals surface area contributed by atoms with E-state index in [1.807, 2.05) is 29.2 Å². The number of carbonyl (C=O) groups is 3. The molecule has 1 N–H and O–H groups in total. The van der Waals surface area contributed by atoms with E-state index < -0.39 is 35.1 Å². The van der Waals surface area contributed by atoms with Gasteiger partial charge in [0.25, 0.3) is 5.91 Å². The van der Waals surface area contributed by atoms with E-state index in [-0.39, 0.29) is 13.0 Å². The Labute approximate surface area is 213 Å². The van der Waals surface area contributed by atoms with E-state index in [4.69, 9.17) is 4.74 Å². The monoisotopic (exact) mass is 500 g/mol. The van der Waals surface area contributed by atoms with Gasteiger partial charge in [0.05, 0.1) is 30.2 Å². The summed E-state index contributed by atoms with van der Waals surface area (Å²) >= 11 is 0. The second-order valence-electron chi connectivity index (χ2n) is 9.46. The first kappa shape index (κ1) is 23.0. The number of nitrogens with one attached hydrogen (secondary N) is 1. The summed E-state index contributed by atoms with van der Waals surface area (Å²) in [6.45, 7) is 1.15. The number of amides is 4. The molecule has 1 spiro atoms. The third-order valence-electron chi connectivity index (χ3n) is 7.63. The Morgan fingerprint density at radius 1 is 0.946 bits per heavy atom. The highest BCUT2D eigenvalue weighted by atomic mass is 19.1. The number of barbiturate groups is 1. The molecule has 3 heterocycles. The number of rotatable bonds is 3. The van der Waals surface area contributed by atoms with Gasteiger partial charge in [0, 0.05) is 26.1 Å². The molecular formula is C28H25FN4O4. The number of anilines is 3. The van der Waals surface area contributed by atoms with Gasteiger partial charge >= 0.3 is 6.03 Å². The lowest BCUT2D eigenvalue weighted by atomic mass is 9.67. The van der Waals surface area contributed by atoms with Gasteiger partial charge in [-0.05, 0) is 35.9 Å². The van der Waals surface area contributed by atoms with E-state index in [0.29, 0.717) is 35.8 Å². The van der Waals surface area contributed by atoms with Gasteiger partial charge in [0.2, 0.25) is 5.91 Å². The van der Waals surface area contributed by atoms with Crippen molar-refractivity contribution in [3.63, 3.8) is 0 Å². The molecule has 3 aromatic rings. The molecular weight excluding hydrogens is 475 g/mol. The number of urea groups is 1. The van der Waals surface area contributed by atoms with Crippen LogP contribution < -0.4 is 24.8 Å². The molecule has 0 radical (unpaired) electrons. The maximum Gasteiger partial charge on any atom is 0.335 e. The molecule has 0 bridgehead atoms. The van der Waals surface area contributed by atoms with Crippen LogP contribution in [0.4, 0.5) is 26.2 Å². The number of hydrogen-bond acceptors (Lipinski definition) is 6. The molecule has 4 amide bonds. The van der Waals surface area contributed by atoms with Crippen LogP contribution >= 0.6 is 0 Å². The van der Waals surface area contributed by atoms with Gasteiger partial charge < -0.3 is 14.5 Å². The molecule has 0 aromatic heterocycles. The quantitative estimate of drug-likeness (QED) is 0.556. The molecule has 2 atom stereocenters. The number of benzene rings is 3. The number of nitrogens with zero attached hydrogens (tertiary/aromatic N) is 3. The van der Waals surface area contributed by atoms with E-state index in [1.165, 1.54) is 6.07 Å². The highest BCUT2D eigenvalue weighted by Crippen LogP contribution is 2.48. The number of piperazine rings is 1. The fraction of sp³-hybridized carbons (Fsp3) is 0.250. The van der Waals surface area contributed by atoms with Crippen LogP contribution in [0.25, 0.3) is 0 Å². The molecule has 6 rings (SSSR count). The zero-order valence-electron chi connectivity index (χ0n) is 20.2. The molecule has 8 nitrogen and oxygen atoms in total. The Balaban J connectivity index is 1.51. The molecule has 0 aliphatic carbocycles. The van der Waals surface area contributed by atoms with Gasteiger partial charge in [-0.3, -0.25) is 14.9 Å². The summed E-state index contributed by atoms with van der Waals surface area (Å²) in [6, 6.07) is 19.2. The molecule has 3 aliphatic heterocycles. The zero-order chi connectivity index (χ0) is 25.7. The Kier molecular flexibility index (Phi) is 5.36. The van der Waals surface area contributed by atoms with Gasteiger partial charge in [0.15, 0.2) is 5.41 Å². The van der Waals surface area contributed by atoms with Crippen LogP contribution in [0.5, 0.6) is 5.75 Å². The van der Waals surface area contributed by atoms with Crippen molar-refractivity contribution in [2.45, 2.75) is 12.5 Å². The van der Waals surface area contributed by atoms with Crippen molar-refractivity contribution in [3.8, 4) is 5.75 Å². The van der Waals surface area contributed by atoms with Crippen molar-refractivity contribution >= 4 is 34.9 Å². The Morgan fingerprint density at radius 2 is 1.70 bits per heavy atom. The minimum Gasteiger partial charge on any atom is -0.495 e. The molecule has 188 valence electrons. The van der Waals surface area contributed by atoms with Gasteiger partial charge in [-0.25, -0.2) is 14.1 Å². The fourth-order valence-electron chi connectivity index (χ4n) is 5.94. The number of imide groups is 2. The molecule has 9 heteroatoms. The van der Waals surface area contributed by atoms with Crippen molar-refractivity contribution in [2.24, 2.45) is 5.41 Å². The average molecular weight is 501 g/mol. The van der Waals surface area contributed by atoms with Gasteiger partial charge in [-0.2, -0.15) is 0 Å². The predicted octanol–water partition coefficient (Wildman–Crippen LogP) is 3.36. The molecule has 37 heavy (non-hydrogen) atoms. The number of methoxy groups -OCH3 is 1. The number of fused-ring (bicyclic) bond motifs is 4. The summed E-state index contributed by atoms with van der Waals surface area (Å²) in [6.07, 6.45) is -0.0255. The maximum atomic E-state index is 15.2. The summed E-state index contributed by atoms with van der Waals surface area (Å²) in [5.74, 6) is -1.02. The largest absolute Gasteiger partial charge is 0.495 e. The van der Waals surface area contributed by atoms with Gasteiger partial charge in [-0.15, -0.1) is 0 Å². The first-order valence-corrected chi connectivity index (χ1v) is 12.1. The van der Waals surface area contributed by atoms with Crippen molar-refractivity contribution in [1.29, 1.82) is 0 Å². The highest BCUT2D eigenvalue weighted by molar-refractivity contribution is 6.30. The lowest BCUT2D eigenvalue weighted by molar-refractivity contribution is -0.144. The summed E-state index contributed by atoms with van der Waals surface area (Å²) in [5.41, 5.74) is 0.504. The normalized spacial score (nSPS) is 23.0. The first-order valence-electron chi connectivity index (χ1n) is 12.1. The predicted molar refractivity (Wildman–Crippen MR) is 136 cm³/mol. The smallest absolute Gasteiger partial charge is 0.335 e.